The van der Waals surface area contributed by atoms with Crippen LogP contribution in [-0.2, 0) is 24.9 Å². The third-order valence-electron chi connectivity index (χ3n) is 4.39. The summed E-state index contributed by atoms with van der Waals surface area (Å²) in [5.74, 6) is -0.346. The SMILES string of the molecule is CCOC(=O)c1cnc2c(cnn2C)c1N1Cc2ccccc2C1. The number of pyridine rings is 1. The summed E-state index contributed by atoms with van der Waals surface area (Å²) in [6, 6.07) is 8.34. The molecule has 1 aliphatic heterocycles. The molecule has 2 aromatic heterocycles. The number of anilines is 1. The molecule has 0 amide bonds. The molecule has 0 radical (unpaired) electrons. The maximum absolute atomic E-state index is 12.4. The lowest BCUT2D eigenvalue weighted by Gasteiger charge is -2.21. The summed E-state index contributed by atoms with van der Waals surface area (Å²) in [4.78, 5) is 19.0. The van der Waals surface area contributed by atoms with Crippen molar-refractivity contribution < 1.29 is 9.53 Å². The van der Waals surface area contributed by atoms with Gasteiger partial charge in [0.15, 0.2) is 5.65 Å². The predicted molar refractivity (Wildman–Crippen MR) is 90.8 cm³/mol. The van der Waals surface area contributed by atoms with Gasteiger partial charge in [-0.15, -0.1) is 0 Å². The Bertz CT molecular complexity index is 907. The number of carbonyl (C=O) groups excluding carboxylic acids is 1. The highest BCUT2D eigenvalue weighted by molar-refractivity contribution is 6.04. The fourth-order valence-corrected chi connectivity index (χ4v) is 3.27. The van der Waals surface area contributed by atoms with E-state index in [1.807, 2.05) is 19.2 Å². The van der Waals surface area contributed by atoms with E-state index < -0.39 is 0 Å². The van der Waals surface area contributed by atoms with Crippen molar-refractivity contribution in [3.63, 3.8) is 0 Å². The first-order valence-corrected chi connectivity index (χ1v) is 7.98. The van der Waals surface area contributed by atoms with Crippen molar-refractivity contribution in [1.29, 1.82) is 0 Å². The molecule has 122 valence electrons. The van der Waals surface area contributed by atoms with Crippen LogP contribution in [0.1, 0.15) is 28.4 Å². The van der Waals surface area contributed by atoms with Gasteiger partial charge < -0.3 is 9.64 Å². The highest BCUT2D eigenvalue weighted by atomic mass is 16.5. The Morgan fingerprint density at radius 2 is 1.92 bits per heavy atom. The summed E-state index contributed by atoms with van der Waals surface area (Å²) in [5, 5.41) is 5.17. The zero-order valence-electron chi connectivity index (χ0n) is 13.7. The lowest BCUT2D eigenvalue weighted by Crippen LogP contribution is -2.20. The predicted octanol–water partition coefficient (Wildman–Crippen LogP) is 2.67. The van der Waals surface area contributed by atoms with Crippen LogP contribution in [0.3, 0.4) is 0 Å². The van der Waals surface area contributed by atoms with Crippen molar-refractivity contribution in [3.05, 3.63) is 53.3 Å². The van der Waals surface area contributed by atoms with Gasteiger partial charge in [0.25, 0.3) is 0 Å². The monoisotopic (exact) mass is 322 g/mol. The van der Waals surface area contributed by atoms with Crippen molar-refractivity contribution in [3.8, 4) is 0 Å². The Morgan fingerprint density at radius 1 is 1.21 bits per heavy atom. The van der Waals surface area contributed by atoms with E-state index in [9.17, 15) is 4.79 Å². The topological polar surface area (TPSA) is 60.2 Å². The van der Waals surface area contributed by atoms with Gasteiger partial charge in [0, 0.05) is 26.3 Å². The molecule has 3 heterocycles. The van der Waals surface area contributed by atoms with E-state index in [1.54, 1.807) is 24.0 Å². The molecule has 3 aromatic rings. The molecule has 0 unspecified atom stereocenters. The lowest BCUT2D eigenvalue weighted by atomic mass is 10.1. The molecule has 0 fully saturated rings. The number of aromatic nitrogens is 3. The Balaban J connectivity index is 1.86. The summed E-state index contributed by atoms with van der Waals surface area (Å²) in [5.41, 5.74) is 4.66. The minimum Gasteiger partial charge on any atom is -0.462 e. The molecule has 0 aliphatic carbocycles. The molecule has 1 aromatic carbocycles. The second-order valence-electron chi connectivity index (χ2n) is 5.87. The molecule has 0 atom stereocenters. The van der Waals surface area contributed by atoms with Gasteiger partial charge >= 0.3 is 5.97 Å². The zero-order valence-corrected chi connectivity index (χ0v) is 13.7. The van der Waals surface area contributed by atoms with Crippen LogP contribution >= 0.6 is 0 Å². The number of aryl methyl sites for hydroxylation is 1. The van der Waals surface area contributed by atoms with Gasteiger partial charge in [-0.1, -0.05) is 24.3 Å². The minimum absolute atomic E-state index is 0.337. The van der Waals surface area contributed by atoms with Gasteiger partial charge in [0.2, 0.25) is 0 Å². The second kappa shape index (κ2) is 5.63. The first kappa shape index (κ1) is 14.7. The smallest absolute Gasteiger partial charge is 0.341 e. The normalized spacial score (nSPS) is 13.3. The number of benzene rings is 1. The van der Waals surface area contributed by atoms with E-state index in [0.717, 1.165) is 29.8 Å². The van der Waals surface area contributed by atoms with Crippen molar-refractivity contribution in [2.75, 3.05) is 11.5 Å². The van der Waals surface area contributed by atoms with Gasteiger partial charge in [-0.05, 0) is 18.1 Å². The number of ether oxygens (including phenoxy) is 1. The van der Waals surface area contributed by atoms with E-state index in [4.69, 9.17) is 4.74 Å². The third kappa shape index (κ3) is 2.22. The number of fused-ring (bicyclic) bond motifs is 2. The van der Waals surface area contributed by atoms with E-state index in [-0.39, 0.29) is 5.97 Å². The molecular weight excluding hydrogens is 304 g/mol. The van der Waals surface area contributed by atoms with E-state index >= 15 is 0 Å². The molecule has 0 spiro atoms. The van der Waals surface area contributed by atoms with Crippen LogP contribution in [0.25, 0.3) is 11.0 Å². The summed E-state index contributed by atoms with van der Waals surface area (Å²) >= 11 is 0. The van der Waals surface area contributed by atoms with Crippen molar-refractivity contribution >= 4 is 22.7 Å². The molecule has 6 nitrogen and oxygen atoms in total. The van der Waals surface area contributed by atoms with Crippen molar-refractivity contribution in [2.24, 2.45) is 7.05 Å². The van der Waals surface area contributed by atoms with Crippen molar-refractivity contribution in [2.45, 2.75) is 20.0 Å². The number of rotatable bonds is 3. The Labute approximate surface area is 139 Å². The van der Waals surface area contributed by atoms with Crippen LogP contribution < -0.4 is 4.90 Å². The maximum Gasteiger partial charge on any atom is 0.341 e. The molecular formula is C18H18N4O2. The first-order valence-electron chi connectivity index (χ1n) is 7.98. The number of hydrogen-bond acceptors (Lipinski definition) is 5. The molecule has 0 bridgehead atoms. The molecule has 6 heteroatoms. The van der Waals surface area contributed by atoms with Gasteiger partial charge in [-0.25, -0.2) is 9.78 Å². The molecule has 0 saturated heterocycles. The van der Waals surface area contributed by atoms with Crippen LogP contribution in [0, 0.1) is 0 Å². The molecule has 24 heavy (non-hydrogen) atoms. The van der Waals surface area contributed by atoms with E-state index in [2.05, 4.69) is 27.1 Å². The highest BCUT2D eigenvalue weighted by Crippen LogP contribution is 2.35. The minimum atomic E-state index is -0.346. The van der Waals surface area contributed by atoms with Gasteiger partial charge in [-0.2, -0.15) is 5.10 Å². The van der Waals surface area contributed by atoms with Crippen LogP contribution in [0.4, 0.5) is 5.69 Å². The largest absolute Gasteiger partial charge is 0.462 e. The maximum atomic E-state index is 12.4. The Kier molecular flexibility index (Phi) is 3.45. The van der Waals surface area contributed by atoms with E-state index in [1.165, 1.54) is 11.1 Å². The molecule has 4 rings (SSSR count). The highest BCUT2D eigenvalue weighted by Gasteiger charge is 2.27. The summed E-state index contributed by atoms with van der Waals surface area (Å²) < 4.78 is 6.95. The number of esters is 1. The van der Waals surface area contributed by atoms with Crippen LogP contribution in [0.2, 0.25) is 0 Å². The zero-order chi connectivity index (χ0) is 16.7. The van der Waals surface area contributed by atoms with Gasteiger partial charge in [-0.3, -0.25) is 4.68 Å². The standard InChI is InChI=1S/C18H18N4O2/c1-3-24-18(23)15-8-19-17-14(9-20-21(17)2)16(15)22-10-12-6-4-5-7-13(12)11-22/h4-9H,3,10-11H2,1-2H3. The lowest BCUT2D eigenvalue weighted by molar-refractivity contribution is 0.0526. The average molecular weight is 322 g/mol. The summed E-state index contributed by atoms with van der Waals surface area (Å²) in [7, 11) is 1.85. The van der Waals surface area contributed by atoms with Gasteiger partial charge in [0.05, 0.1) is 23.9 Å². The summed E-state index contributed by atoms with van der Waals surface area (Å²) in [6.07, 6.45) is 3.36. The number of carbonyl (C=O) groups is 1. The number of nitrogens with zero attached hydrogens (tertiary/aromatic N) is 4. The second-order valence-corrected chi connectivity index (χ2v) is 5.87. The van der Waals surface area contributed by atoms with Crippen molar-refractivity contribution in [1.82, 2.24) is 14.8 Å². The summed E-state index contributed by atoms with van der Waals surface area (Å²) in [6.45, 7) is 3.66. The Hall–Kier alpha value is -2.89. The van der Waals surface area contributed by atoms with Crippen LogP contribution in [-0.4, -0.2) is 27.3 Å². The van der Waals surface area contributed by atoms with Gasteiger partial charge in [0.1, 0.15) is 5.56 Å². The molecule has 0 saturated carbocycles. The Morgan fingerprint density at radius 3 is 2.58 bits per heavy atom. The fourth-order valence-electron chi connectivity index (χ4n) is 3.27. The van der Waals surface area contributed by atoms with Crippen LogP contribution in [0.5, 0.6) is 0 Å². The molecule has 1 aliphatic rings. The fraction of sp³-hybridized carbons (Fsp3) is 0.278. The molecule has 0 N–H and O–H groups in total. The first-order chi connectivity index (χ1) is 11.7. The van der Waals surface area contributed by atoms with E-state index in [0.29, 0.717) is 12.2 Å². The quantitative estimate of drug-likeness (QED) is 0.694. The number of hydrogen-bond donors (Lipinski definition) is 0. The third-order valence-corrected chi connectivity index (χ3v) is 4.39. The van der Waals surface area contributed by atoms with Crippen LogP contribution in [0.15, 0.2) is 36.7 Å². The average Bonchev–Trinajstić information content (AvgIpc) is 3.18.